The van der Waals surface area contributed by atoms with E-state index in [4.69, 9.17) is 0 Å². The first kappa shape index (κ1) is 16.7. The molecule has 3 nitrogen and oxygen atoms in total. The lowest BCUT2D eigenvalue weighted by atomic mass is 10.1. The van der Waals surface area contributed by atoms with Gasteiger partial charge in [0.2, 0.25) is 0 Å². The third-order valence-corrected chi connectivity index (χ3v) is 5.41. The minimum Gasteiger partial charge on any atom is -0.396 e. The Labute approximate surface area is 143 Å². The van der Waals surface area contributed by atoms with E-state index in [-0.39, 0.29) is 6.61 Å². The SMILES string of the molecule is OCCC1CN(CCc2ccccc2)CCN1Cc1ccsc1. The Morgan fingerprint density at radius 2 is 1.96 bits per heavy atom. The number of piperazine rings is 1. The maximum absolute atomic E-state index is 9.41. The molecular weight excluding hydrogens is 304 g/mol. The number of hydrogen-bond donors (Lipinski definition) is 1. The Kier molecular flexibility index (Phi) is 6.22. The van der Waals surface area contributed by atoms with Gasteiger partial charge in [-0.15, -0.1) is 0 Å². The number of hydrogen-bond acceptors (Lipinski definition) is 4. The number of aliphatic hydroxyl groups is 1. The Balaban J connectivity index is 1.53. The van der Waals surface area contributed by atoms with Crippen LogP contribution in [0, 0.1) is 0 Å². The van der Waals surface area contributed by atoms with Crippen molar-refractivity contribution in [1.29, 1.82) is 0 Å². The zero-order valence-corrected chi connectivity index (χ0v) is 14.4. The molecule has 2 aromatic rings. The number of rotatable bonds is 7. The Morgan fingerprint density at radius 1 is 1.09 bits per heavy atom. The van der Waals surface area contributed by atoms with E-state index in [2.05, 4.69) is 57.0 Å². The molecule has 0 amide bonds. The summed E-state index contributed by atoms with van der Waals surface area (Å²) in [6.07, 6.45) is 1.98. The predicted molar refractivity (Wildman–Crippen MR) is 96.8 cm³/mol. The molecule has 0 bridgehead atoms. The molecule has 1 aromatic heterocycles. The fourth-order valence-electron chi connectivity index (χ4n) is 3.34. The smallest absolute Gasteiger partial charge is 0.0446 e. The summed E-state index contributed by atoms with van der Waals surface area (Å²) in [6.45, 7) is 5.68. The topological polar surface area (TPSA) is 26.7 Å². The molecule has 124 valence electrons. The summed E-state index contributed by atoms with van der Waals surface area (Å²) in [5.41, 5.74) is 2.81. The number of benzene rings is 1. The van der Waals surface area contributed by atoms with Crippen molar-refractivity contribution in [2.45, 2.75) is 25.4 Å². The highest BCUT2D eigenvalue weighted by Crippen LogP contribution is 2.18. The van der Waals surface area contributed by atoms with E-state index in [0.717, 1.165) is 45.6 Å². The van der Waals surface area contributed by atoms with Gasteiger partial charge in [0.15, 0.2) is 0 Å². The lowest BCUT2D eigenvalue weighted by Gasteiger charge is -2.41. The highest BCUT2D eigenvalue weighted by Gasteiger charge is 2.26. The van der Waals surface area contributed by atoms with Crippen LogP contribution in [-0.4, -0.2) is 53.7 Å². The molecule has 0 aliphatic carbocycles. The van der Waals surface area contributed by atoms with E-state index in [1.165, 1.54) is 11.1 Å². The third kappa shape index (κ3) is 4.88. The van der Waals surface area contributed by atoms with Crippen LogP contribution < -0.4 is 0 Å². The van der Waals surface area contributed by atoms with Crippen molar-refractivity contribution in [1.82, 2.24) is 9.80 Å². The summed E-state index contributed by atoms with van der Waals surface area (Å²) in [5.74, 6) is 0. The molecule has 1 saturated heterocycles. The van der Waals surface area contributed by atoms with Crippen molar-refractivity contribution in [3.05, 3.63) is 58.3 Å². The summed E-state index contributed by atoms with van der Waals surface area (Å²) >= 11 is 1.76. The molecule has 0 spiro atoms. The molecule has 3 rings (SSSR count). The summed E-state index contributed by atoms with van der Waals surface area (Å²) in [6, 6.07) is 13.4. The van der Waals surface area contributed by atoms with Gasteiger partial charge in [-0.05, 0) is 40.8 Å². The average molecular weight is 330 g/mol. The molecule has 1 unspecified atom stereocenters. The van der Waals surface area contributed by atoms with Crippen LogP contribution in [0.15, 0.2) is 47.2 Å². The number of aliphatic hydroxyl groups excluding tert-OH is 1. The summed E-state index contributed by atoms with van der Waals surface area (Å²) in [7, 11) is 0. The molecule has 1 atom stereocenters. The maximum atomic E-state index is 9.41. The highest BCUT2D eigenvalue weighted by molar-refractivity contribution is 7.07. The molecule has 1 fully saturated rings. The molecule has 23 heavy (non-hydrogen) atoms. The van der Waals surface area contributed by atoms with E-state index >= 15 is 0 Å². The van der Waals surface area contributed by atoms with Crippen molar-refractivity contribution < 1.29 is 5.11 Å². The second-order valence-electron chi connectivity index (χ2n) is 6.30. The van der Waals surface area contributed by atoms with Crippen LogP contribution >= 0.6 is 11.3 Å². The van der Waals surface area contributed by atoms with Crippen LogP contribution in [0.25, 0.3) is 0 Å². The average Bonchev–Trinajstić information content (AvgIpc) is 3.09. The zero-order valence-electron chi connectivity index (χ0n) is 13.6. The quantitative estimate of drug-likeness (QED) is 0.846. The fourth-order valence-corrected chi connectivity index (χ4v) is 4.00. The second-order valence-corrected chi connectivity index (χ2v) is 7.08. The normalized spacial score (nSPS) is 20.0. The van der Waals surface area contributed by atoms with Gasteiger partial charge < -0.3 is 10.0 Å². The monoisotopic (exact) mass is 330 g/mol. The Morgan fingerprint density at radius 3 is 2.70 bits per heavy atom. The molecular formula is C19H26N2OS. The summed E-state index contributed by atoms with van der Waals surface area (Å²) in [4.78, 5) is 5.09. The Hall–Kier alpha value is -1.20. The molecule has 0 radical (unpaired) electrons. The summed E-state index contributed by atoms with van der Waals surface area (Å²) in [5, 5.41) is 13.8. The van der Waals surface area contributed by atoms with E-state index in [1.54, 1.807) is 11.3 Å². The van der Waals surface area contributed by atoms with E-state index in [1.807, 2.05) is 0 Å². The zero-order chi connectivity index (χ0) is 15.9. The maximum Gasteiger partial charge on any atom is 0.0446 e. The predicted octanol–water partition coefficient (Wildman–Crippen LogP) is 2.86. The molecule has 2 heterocycles. The van der Waals surface area contributed by atoms with Crippen LogP contribution in [0.1, 0.15) is 17.5 Å². The first-order valence-electron chi connectivity index (χ1n) is 8.47. The van der Waals surface area contributed by atoms with Gasteiger partial charge in [-0.1, -0.05) is 30.3 Å². The highest BCUT2D eigenvalue weighted by atomic mass is 32.1. The van der Waals surface area contributed by atoms with Gasteiger partial charge in [-0.2, -0.15) is 11.3 Å². The van der Waals surface area contributed by atoms with E-state index < -0.39 is 0 Å². The summed E-state index contributed by atoms with van der Waals surface area (Å²) < 4.78 is 0. The third-order valence-electron chi connectivity index (χ3n) is 4.68. The standard InChI is InChI=1S/C19H26N2OS/c22-12-7-19-15-20(9-6-17-4-2-1-3-5-17)10-11-21(19)14-18-8-13-23-16-18/h1-5,8,13,16,19,22H,6-7,9-12,14-15H2. The first-order valence-corrected chi connectivity index (χ1v) is 9.41. The molecule has 4 heteroatoms. The van der Waals surface area contributed by atoms with Crippen molar-refractivity contribution in [2.24, 2.45) is 0 Å². The van der Waals surface area contributed by atoms with Crippen LogP contribution in [0.2, 0.25) is 0 Å². The fraction of sp³-hybridized carbons (Fsp3) is 0.474. The van der Waals surface area contributed by atoms with Gasteiger partial charge in [0.25, 0.3) is 0 Å². The lowest BCUT2D eigenvalue weighted by Crippen LogP contribution is -2.53. The lowest BCUT2D eigenvalue weighted by molar-refractivity contribution is 0.0544. The van der Waals surface area contributed by atoms with Crippen molar-refractivity contribution in [2.75, 3.05) is 32.8 Å². The second kappa shape index (κ2) is 8.60. The van der Waals surface area contributed by atoms with Gasteiger partial charge in [0.05, 0.1) is 0 Å². The van der Waals surface area contributed by atoms with Crippen LogP contribution in [-0.2, 0) is 13.0 Å². The first-order chi connectivity index (χ1) is 11.3. The minimum absolute atomic E-state index is 0.275. The van der Waals surface area contributed by atoms with Crippen molar-refractivity contribution >= 4 is 11.3 Å². The van der Waals surface area contributed by atoms with E-state index in [0.29, 0.717) is 6.04 Å². The Bertz CT molecular complexity index is 558. The van der Waals surface area contributed by atoms with Crippen molar-refractivity contribution in [3.8, 4) is 0 Å². The van der Waals surface area contributed by atoms with Crippen LogP contribution in [0.5, 0.6) is 0 Å². The number of thiophene rings is 1. The largest absolute Gasteiger partial charge is 0.396 e. The molecule has 1 aliphatic rings. The van der Waals surface area contributed by atoms with E-state index in [9.17, 15) is 5.11 Å². The molecule has 0 saturated carbocycles. The molecule has 1 aliphatic heterocycles. The molecule has 1 aromatic carbocycles. The van der Waals surface area contributed by atoms with Crippen LogP contribution in [0.4, 0.5) is 0 Å². The van der Waals surface area contributed by atoms with Gasteiger partial charge in [0, 0.05) is 45.4 Å². The van der Waals surface area contributed by atoms with Crippen molar-refractivity contribution in [3.63, 3.8) is 0 Å². The number of nitrogens with zero attached hydrogens (tertiary/aromatic N) is 2. The molecule has 1 N–H and O–H groups in total. The van der Waals surface area contributed by atoms with Gasteiger partial charge in [-0.25, -0.2) is 0 Å². The van der Waals surface area contributed by atoms with Crippen LogP contribution in [0.3, 0.4) is 0 Å². The minimum atomic E-state index is 0.275. The van der Waals surface area contributed by atoms with Gasteiger partial charge in [-0.3, -0.25) is 4.90 Å². The van der Waals surface area contributed by atoms with Gasteiger partial charge in [0.1, 0.15) is 0 Å². The van der Waals surface area contributed by atoms with Gasteiger partial charge >= 0.3 is 0 Å².